The number of carbonyl (C=O) groups is 2. The molecule has 2 aromatic heterocycles. The van der Waals surface area contributed by atoms with Gasteiger partial charge < -0.3 is 24.8 Å². The first-order valence-electron chi connectivity index (χ1n) is 15.7. The average Bonchev–Trinajstić information content (AvgIpc) is 3.03. The van der Waals surface area contributed by atoms with E-state index in [0.717, 1.165) is 69.0 Å². The first-order valence-corrected chi connectivity index (χ1v) is 15.7. The third-order valence-electron chi connectivity index (χ3n) is 9.91. The summed E-state index contributed by atoms with van der Waals surface area (Å²) in [4.78, 5) is 41.2. The van der Waals surface area contributed by atoms with Gasteiger partial charge in [-0.15, -0.1) is 0 Å². The molecule has 0 spiro atoms. The van der Waals surface area contributed by atoms with Crippen molar-refractivity contribution in [2.45, 2.75) is 75.3 Å². The van der Waals surface area contributed by atoms with Gasteiger partial charge in [0, 0.05) is 58.2 Å². The molecule has 0 aromatic carbocycles. The number of aliphatic hydroxyl groups is 1. The second kappa shape index (κ2) is 12.5. The van der Waals surface area contributed by atoms with Gasteiger partial charge in [0.15, 0.2) is 0 Å². The summed E-state index contributed by atoms with van der Waals surface area (Å²) in [6.45, 7) is 2.60. The van der Waals surface area contributed by atoms with Gasteiger partial charge in [0.05, 0.1) is 23.4 Å². The van der Waals surface area contributed by atoms with E-state index in [1.165, 1.54) is 20.4 Å². The van der Waals surface area contributed by atoms with E-state index < -0.39 is 11.9 Å². The van der Waals surface area contributed by atoms with Crippen LogP contribution in [0.3, 0.4) is 0 Å². The lowest BCUT2D eigenvalue weighted by molar-refractivity contribution is -0.136. The second-order valence-corrected chi connectivity index (χ2v) is 12.9. The van der Waals surface area contributed by atoms with Crippen molar-refractivity contribution in [3.8, 4) is 6.07 Å². The van der Waals surface area contributed by atoms with Crippen LogP contribution in [0.2, 0.25) is 0 Å². The Morgan fingerprint density at radius 3 is 2.53 bits per heavy atom. The number of aryl methyl sites for hydroxylation is 1. The van der Waals surface area contributed by atoms with Gasteiger partial charge >= 0.3 is 6.03 Å². The molecular weight excluding hydrogens is 576 g/mol. The number of likely N-dealkylation sites (N-methyl/N-ethyl adjacent to an activating group) is 1. The number of rotatable bonds is 8. The molecule has 3 N–H and O–H groups in total. The van der Waals surface area contributed by atoms with Gasteiger partial charge in [-0.1, -0.05) is 0 Å². The zero-order chi connectivity index (χ0) is 31.8. The quantitative estimate of drug-likeness (QED) is 0.376. The summed E-state index contributed by atoms with van der Waals surface area (Å²) in [6, 6.07) is 5.56. The maximum atomic E-state index is 13.7. The molecule has 2 aromatic rings. The Kier molecular flexibility index (Phi) is 8.67. The molecule has 13 heteroatoms. The highest BCUT2D eigenvalue weighted by molar-refractivity contribution is 6.01. The van der Waals surface area contributed by atoms with E-state index in [9.17, 15) is 20.0 Å². The van der Waals surface area contributed by atoms with Crippen LogP contribution in [0.1, 0.15) is 73.6 Å². The molecule has 3 saturated carbocycles. The van der Waals surface area contributed by atoms with Crippen LogP contribution < -0.4 is 15.5 Å². The minimum Gasteiger partial charge on any atom is -0.390 e. The molecule has 240 valence electrons. The molecule has 4 heterocycles. The molecule has 2 bridgehead atoms. The van der Waals surface area contributed by atoms with E-state index in [1.807, 2.05) is 22.9 Å². The van der Waals surface area contributed by atoms with Crippen molar-refractivity contribution < 1.29 is 24.2 Å². The van der Waals surface area contributed by atoms with Crippen molar-refractivity contribution in [2.24, 2.45) is 0 Å². The smallest absolute Gasteiger partial charge is 0.328 e. The van der Waals surface area contributed by atoms with E-state index in [-0.39, 0.29) is 17.5 Å². The molecule has 13 nitrogen and oxygen atoms in total. The highest BCUT2D eigenvalue weighted by atomic mass is 16.7. The van der Waals surface area contributed by atoms with E-state index in [2.05, 4.69) is 21.7 Å². The number of carbonyl (C=O) groups excluding carboxylic acids is 2. The lowest BCUT2D eigenvalue weighted by Gasteiger charge is -2.51. The molecule has 3 amide bonds. The van der Waals surface area contributed by atoms with E-state index in [0.29, 0.717) is 54.8 Å². The molecule has 5 aliphatic rings. The van der Waals surface area contributed by atoms with Crippen molar-refractivity contribution in [1.29, 1.82) is 5.26 Å². The SMILES string of the molecule is COC(OC)c1nc2c(cc1CN1CCN(C)CC1=O)CCCN2C(=O)Nc1cc(NC23CCC(O)(CC2)CC3)c(C#N)cn1. The molecule has 0 atom stereocenters. The third kappa shape index (κ3) is 6.33. The van der Waals surface area contributed by atoms with Crippen LogP contribution in [0.15, 0.2) is 18.3 Å². The number of nitrogens with one attached hydrogen (secondary N) is 2. The maximum Gasteiger partial charge on any atom is 0.328 e. The summed E-state index contributed by atoms with van der Waals surface area (Å²) < 4.78 is 11.2. The van der Waals surface area contributed by atoms with E-state index >= 15 is 0 Å². The Hall–Kier alpha value is -3.83. The first-order chi connectivity index (χ1) is 21.6. The maximum absolute atomic E-state index is 13.7. The van der Waals surface area contributed by atoms with Crippen LogP contribution in [0.5, 0.6) is 0 Å². The average molecular weight is 619 g/mol. The van der Waals surface area contributed by atoms with Crippen molar-refractivity contribution in [3.05, 3.63) is 40.7 Å². The lowest BCUT2D eigenvalue weighted by Crippen LogP contribution is -2.53. The summed E-state index contributed by atoms with van der Waals surface area (Å²) in [6.07, 6.45) is 6.87. The van der Waals surface area contributed by atoms with Gasteiger partial charge in [-0.3, -0.25) is 19.9 Å². The number of anilines is 3. The normalized spacial score (nSPS) is 24.8. The monoisotopic (exact) mass is 618 g/mol. The molecule has 7 rings (SSSR count). The molecule has 0 unspecified atom stereocenters. The highest BCUT2D eigenvalue weighted by Gasteiger charge is 2.48. The summed E-state index contributed by atoms with van der Waals surface area (Å²) in [5.74, 6) is 0.894. The molecule has 1 saturated heterocycles. The van der Waals surface area contributed by atoms with E-state index in [4.69, 9.17) is 14.5 Å². The number of nitrogens with zero attached hydrogens (tertiary/aromatic N) is 6. The summed E-state index contributed by atoms with van der Waals surface area (Å²) in [5, 5.41) is 26.9. The van der Waals surface area contributed by atoms with Crippen LogP contribution in [0.4, 0.5) is 22.1 Å². The molecular formula is C32H42N8O5. The van der Waals surface area contributed by atoms with Gasteiger partial charge in [-0.05, 0) is 75.6 Å². The van der Waals surface area contributed by atoms with Gasteiger partial charge in [0.25, 0.3) is 0 Å². The topological polar surface area (TPSA) is 156 Å². The van der Waals surface area contributed by atoms with Gasteiger partial charge in [-0.25, -0.2) is 14.8 Å². The van der Waals surface area contributed by atoms with Crippen LogP contribution in [-0.2, 0) is 27.2 Å². The molecule has 3 aliphatic carbocycles. The Balaban J connectivity index is 1.24. The van der Waals surface area contributed by atoms with Crippen molar-refractivity contribution in [2.75, 3.05) is 63.0 Å². The number of piperazine rings is 1. The number of hydrogen-bond acceptors (Lipinski definition) is 10. The Morgan fingerprint density at radius 1 is 1.13 bits per heavy atom. The fourth-order valence-electron chi connectivity index (χ4n) is 7.14. The summed E-state index contributed by atoms with van der Waals surface area (Å²) in [5.41, 5.74) is 2.55. The first kappa shape index (κ1) is 31.2. The highest BCUT2D eigenvalue weighted by Crippen LogP contribution is 2.48. The third-order valence-corrected chi connectivity index (χ3v) is 9.91. The van der Waals surface area contributed by atoms with E-state index in [1.54, 1.807) is 11.0 Å². The number of fused-ring (bicyclic) bond motifs is 4. The molecule has 2 aliphatic heterocycles. The minimum atomic E-state index is -0.775. The van der Waals surface area contributed by atoms with Crippen molar-refractivity contribution in [1.82, 2.24) is 19.8 Å². The minimum absolute atomic E-state index is 0.0525. The van der Waals surface area contributed by atoms with Crippen molar-refractivity contribution in [3.63, 3.8) is 0 Å². The fraction of sp³-hybridized carbons (Fsp3) is 0.594. The summed E-state index contributed by atoms with van der Waals surface area (Å²) in [7, 11) is 5.00. The van der Waals surface area contributed by atoms with Gasteiger partial charge in [-0.2, -0.15) is 5.26 Å². The predicted octanol–water partition coefficient (Wildman–Crippen LogP) is 3.15. The molecule has 45 heavy (non-hydrogen) atoms. The fourth-order valence-corrected chi connectivity index (χ4v) is 7.14. The number of urea groups is 1. The predicted molar refractivity (Wildman–Crippen MR) is 167 cm³/mol. The zero-order valence-corrected chi connectivity index (χ0v) is 26.3. The second-order valence-electron chi connectivity index (χ2n) is 12.9. The number of aromatic nitrogens is 2. The van der Waals surface area contributed by atoms with Crippen LogP contribution >= 0.6 is 0 Å². The number of ether oxygens (including phenoxy) is 2. The van der Waals surface area contributed by atoms with Gasteiger partial charge in [0.2, 0.25) is 12.2 Å². The number of hydrogen-bond donors (Lipinski definition) is 3. The lowest BCUT2D eigenvalue weighted by atomic mass is 9.63. The number of methoxy groups -OCH3 is 2. The van der Waals surface area contributed by atoms with Gasteiger partial charge in [0.1, 0.15) is 23.4 Å². The largest absolute Gasteiger partial charge is 0.390 e. The Labute approximate surface area is 263 Å². The van der Waals surface area contributed by atoms with Crippen molar-refractivity contribution >= 4 is 29.3 Å². The van der Waals surface area contributed by atoms with Crippen LogP contribution in [0, 0.1) is 11.3 Å². The zero-order valence-electron chi connectivity index (χ0n) is 26.3. The standard InChI is InChI=1S/C32H42N8O5/c1-38-13-14-39(26(41)20-38)19-22-15-21-5-4-12-40(28(21)36-27(22)29(44-2)45-3)30(42)35-25-16-24(23(17-33)18-34-25)37-31-6-9-32(43,10-7-31)11-8-31/h15-16,18,29,43H,4-14,19-20H2,1-3H3,(H2,34,35,37,42). The summed E-state index contributed by atoms with van der Waals surface area (Å²) >= 11 is 0. The number of pyridine rings is 2. The number of amides is 3. The Morgan fingerprint density at radius 2 is 1.87 bits per heavy atom. The molecule has 0 radical (unpaired) electrons. The van der Waals surface area contributed by atoms with Crippen LogP contribution in [-0.4, -0.2) is 95.4 Å². The Bertz CT molecular complexity index is 1480. The van der Waals surface area contributed by atoms with Crippen LogP contribution in [0.25, 0.3) is 0 Å². The number of nitriles is 1. The molecule has 4 fully saturated rings.